The number of nitrogens with one attached hydrogen (secondary N) is 2. The third-order valence-corrected chi connectivity index (χ3v) is 4.16. The lowest BCUT2D eigenvalue weighted by molar-refractivity contribution is -0.138. The molecule has 1 aromatic carbocycles. The minimum Gasteiger partial charge on any atom is -0.481 e. The van der Waals surface area contributed by atoms with Crippen molar-refractivity contribution in [3.8, 4) is 0 Å². The van der Waals surface area contributed by atoms with E-state index >= 15 is 0 Å². The third kappa shape index (κ3) is 4.43. The summed E-state index contributed by atoms with van der Waals surface area (Å²) in [7, 11) is -3.35. The molecule has 22 heavy (non-hydrogen) atoms. The summed E-state index contributed by atoms with van der Waals surface area (Å²) in [5.74, 6) is -1.19. The first-order chi connectivity index (χ1) is 10.2. The van der Waals surface area contributed by atoms with Crippen molar-refractivity contribution in [1.82, 2.24) is 4.98 Å². The Bertz CT molecular complexity index is 769. The zero-order valence-electron chi connectivity index (χ0n) is 11.9. The van der Waals surface area contributed by atoms with E-state index in [9.17, 15) is 13.2 Å². The number of hydrogen-bond acceptors (Lipinski definition) is 6. The van der Waals surface area contributed by atoms with Crippen LogP contribution in [0.1, 0.15) is 18.4 Å². The van der Waals surface area contributed by atoms with Gasteiger partial charge in [0.25, 0.3) is 0 Å². The first-order valence-electron chi connectivity index (χ1n) is 6.28. The molecule has 0 radical (unpaired) electrons. The molecule has 0 spiro atoms. The predicted octanol–water partition coefficient (Wildman–Crippen LogP) is 2.45. The molecule has 0 aliphatic carbocycles. The third-order valence-electron chi connectivity index (χ3n) is 2.83. The highest BCUT2D eigenvalue weighted by molar-refractivity contribution is 7.92. The molecule has 2 aromatic rings. The summed E-state index contributed by atoms with van der Waals surface area (Å²) in [4.78, 5) is 15.0. The zero-order valence-corrected chi connectivity index (χ0v) is 13.5. The maximum Gasteiger partial charge on any atom is 0.310 e. The second-order valence-electron chi connectivity index (χ2n) is 4.72. The molecule has 1 heterocycles. The van der Waals surface area contributed by atoms with Crippen molar-refractivity contribution in [3.63, 3.8) is 0 Å². The van der Waals surface area contributed by atoms with E-state index in [0.29, 0.717) is 10.7 Å². The van der Waals surface area contributed by atoms with Crippen LogP contribution in [0.25, 0.3) is 0 Å². The van der Waals surface area contributed by atoms with Gasteiger partial charge in [-0.1, -0.05) is 12.1 Å². The Morgan fingerprint density at radius 1 is 1.32 bits per heavy atom. The van der Waals surface area contributed by atoms with Crippen molar-refractivity contribution in [1.29, 1.82) is 0 Å². The van der Waals surface area contributed by atoms with Crippen LogP contribution in [-0.4, -0.2) is 30.7 Å². The highest BCUT2D eigenvalue weighted by Crippen LogP contribution is 2.25. The average molecular weight is 341 g/mol. The Morgan fingerprint density at radius 3 is 2.50 bits per heavy atom. The Labute approximate surface area is 132 Å². The fraction of sp³-hybridized carbons (Fsp3) is 0.231. The molecule has 0 saturated carbocycles. The topological polar surface area (TPSA) is 108 Å². The van der Waals surface area contributed by atoms with E-state index in [1.807, 2.05) is 0 Å². The lowest BCUT2D eigenvalue weighted by Crippen LogP contribution is -2.09. The van der Waals surface area contributed by atoms with Crippen LogP contribution in [0.4, 0.5) is 16.6 Å². The first kappa shape index (κ1) is 16.2. The van der Waals surface area contributed by atoms with Gasteiger partial charge in [-0.3, -0.25) is 9.52 Å². The maximum absolute atomic E-state index is 11.1. The number of aliphatic carboxylic acids is 1. The number of nitrogens with zero attached hydrogens (tertiary/aromatic N) is 1. The van der Waals surface area contributed by atoms with Crippen LogP contribution < -0.4 is 10.0 Å². The number of rotatable bonds is 6. The highest BCUT2D eigenvalue weighted by atomic mass is 32.2. The van der Waals surface area contributed by atoms with Gasteiger partial charge in [-0.05, 0) is 24.6 Å². The van der Waals surface area contributed by atoms with Crippen LogP contribution in [0.5, 0.6) is 0 Å². The zero-order chi connectivity index (χ0) is 16.3. The number of thiazole rings is 1. The Morgan fingerprint density at radius 2 is 1.95 bits per heavy atom. The molecule has 1 aromatic heterocycles. The monoisotopic (exact) mass is 341 g/mol. The van der Waals surface area contributed by atoms with Gasteiger partial charge in [0.05, 0.1) is 12.2 Å². The molecule has 0 unspecified atom stereocenters. The molecule has 0 aliphatic heterocycles. The van der Waals surface area contributed by atoms with Gasteiger partial charge in [-0.15, -0.1) is 11.3 Å². The summed E-state index contributed by atoms with van der Waals surface area (Å²) in [6, 6.07) is 6.95. The normalized spacial score (nSPS) is 12.6. The van der Waals surface area contributed by atoms with E-state index in [1.54, 1.807) is 36.6 Å². The second kappa shape index (κ2) is 6.32. The second-order valence-corrected chi connectivity index (χ2v) is 7.33. The van der Waals surface area contributed by atoms with Gasteiger partial charge in [0.15, 0.2) is 10.9 Å². The lowest BCUT2D eigenvalue weighted by Gasteiger charge is -2.08. The smallest absolute Gasteiger partial charge is 0.310 e. The largest absolute Gasteiger partial charge is 0.481 e. The number of benzene rings is 1. The molecule has 0 aliphatic rings. The van der Waals surface area contributed by atoms with Crippen molar-refractivity contribution < 1.29 is 18.3 Å². The number of sulfonamides is 1. The van der Waals surface area contributed by atoms with Gasteiger partial charge in [0.2, 0.25) is 10.0 Å². The van der Waals surface area contributed by atoms with E-state index in [0.717, 1.165) is 11.9 Å². The fourth-order valence-corrected chi connectivity index (χ4v) is 2.91. The standard InChI is InChI=1S/C13H15N3O4S2/c1-8(12(17)18)9-3-5-10(6-4-9)14-13-15-11(7-21-13)16-22(2,19)20/h3-8,16H,1-2H3,(H,14,15)(H,17,18)/t8-/m0/s1. The van der Waals surface area contributed by atoms with Gasteiger partial charge < -0.3 is 10.4 Å². The minimum atomic E-state index is -3.35. The summed E-state index contributed by atoms with van der Waals surface area (Å²) in [6.07, 6.45) is 1.06. The summed E-state index contributed by atoms with van der Waals surface area (Å²) in [5.41, 5.74) is 1.44. The van der Waals surface area contributed by atoms with Gasteiger partial charge in [0.1, 0.15) is 0 Å². The summed E-state index contributed by atoms with van der Waals surface area (Å²) >= 11 is 1.26. The van der Waals surface area contributed by atoms with Crippen molar-refractivity contribution in [3.05, 3.63) is 35.2 Å². The van der Waals surface area contributed by atoms with Crippen molar-refractivity contribution in [2.75, 3.05) is 16.3 Å². The number of carboxylic acids is 1. The molecular weight excluding hydrogens is 326 g/mol. The van der Waals surface area contributed by atoms with E-state index in [2.05, 4.69) is 15.0 Å². The van der Waals surface area contributed by atoms with Crippen LogP contribution >= 0.6 is 11.3 Å². The molecule has 0 fully saturated rings. The quantitative estimate of drug-likeness (QED) is 0.745. The SMILES string of the molecule is C[C@H](C(=O)O)c1ccc(Nc2nc(NS(C)(=O)=O)cs2)cc1. The van der Waals surface area contributed by atoms with Gasteiger partial charge in [-0.25, -0.2) is 13.4 Å². The average Bonchev–Trinajstić information content (AvgIpc) is 2.83. The molecule has 2 rings (SSSR count). The van der Waals surface area contributed by atoms with Crippen LogP contribution in [0.2, 0.25) is 0 Å². The molecule has 1 atom stereocenters. The first-order valence-corrected chi connectivity index (χ1v) is 9.05. The Hall–Kier alpha value is -2.13. The summed E-state index contributed by atoms with van der Waals surface area (Å²) < 4.78 is 24.5. The Kier molecular flexibility index (Phi) is 4.67. The van der Waals surface area contributed by atoms with Crippen molar-refractivity contribution >= 4 is 44.0 Å². The number of carbonyl (C=O) groups is 1. The summed E-state index contributed by atoms with van der Waals surface area (Å²) in [6.45, 7) is 1.62. The minimum absolute atomic E-state index is 0.256. The molecule has 0 bridgehead atoms. The van der Waals surface area contributed by atoms with Crippen LogP contribution in [0, 0.1) is 0 Å². The van der Waals surface area contributed by atoms with Crippen LogP contribution in [-0.2, 0) is 14.8 Å². The van der Waals surface area contributed by atoms with Crippen LogP contribution in [0.3, 0.4) is 0 Å². The van der Waals surface area contributed by atoms with Crippen molar-refractivity contribution in [2.24, 2.45) is 0 Å². The number of carboxylic acid groups (broad SMARTS) is 1. The molecule has 0 amide bonds. The highest BCUT2D eigenvalue weighted by Gasteiger charge is 2.13. The molecule has 9 heteroatoms. The number of hydrogen-bond donors (Lipinski definition) is 3. The van der Waals surface area contributed by atoms with Crippen LogP contribution in [0.15, 0.2) is 29.6 Å². The molecule has 3 N–H and O–H groups in total. The fourth-order valence-electron chi connectivity index (χ4n) is 1.69. The Balaban J connectivity index is 2.07. The molecular formula is C13H15N3O4S2. The van der Waals surface area contributed by atoms with E-state index in [-0.39, 0.29) is 5.82 Å². The van der Waals surface area contributed by atoms with E-state index in [4.69, 9.17) is 5.11 Å². The predicted molar refractivity (Wildman–Crippen MR) is 86.4 cm³/mol. The van der Waals surface area contributed by atoms with Gasteiger partial charge in [-0.2, -0.15) is 0 Å². The maximum atomic E-state index is 11.1. The molecule has 118 valence electrons. The number of aromatic nitrogens is 1. The lowest BCUT2D eigenvalue weighted by atomic mass is 10.0. The van der Waals surface area contributed by atoms with E-state index in [1.165, 1.54) is 11.3 Å². The summed E-state index contributed by atoms with van der Waals surface area (Å²) in [5, 5.41) is 14.1. The number of anilines is 3. The molecule has 7 nitrogen and oxygen atoms in total. The van der Waals surface area contributed by atoms with Crippen molar-refractivity contribution in [2.45, 2.75) is 12.8 Å². The van der Waals surface area contributed by atoms with Gasteiger partial charge in [0, 0.05) is 11.1 Å². The molecule has 0 saturated heterocycles. The van der Waals surface area contributed by atoms with Gasteiger partial charge >= 0.3 is 5.97 Å². The van der Waals surface area contributed by atoms with E-state index < -0.39 is 21.9 Å².